The minimum absolute atomic E-state index is 0.125. The van der Waals surface area contributed by atoms with Gasteiger partial charge < -0.3 is 10.4 Å². The maximum atomic E-state index is 10.8. The van der Waals surface area contributed by atoms with Crippen LogP contribution in [0, 0.1) is 0 Å². The van der Waals surface area contributed by atoms with Gasteiger partial charge in [-0.25, -0.2) is 4.98 Å². The third-order valence-corrected chi connectivity index (χ3v) is 4.32. The minimum atomic E-state index is -0.392. The SMILES string of the molecule is Oc1c(C(Nc2ccc(Cl)cn2)c2ccccn2)ccc2cccnc12. The molecule has 3 heterocycles. The zero-order valence-electron chi connectivity index (χ0n) is 13.7. The number of phenols is 1. The van der Waals surface area contributed by atoms with E-state index in [1.54, 1.807) is 30.7 Å². The summed E-state index contributed by atoms with van der Waals surface area (Å²) in [5, 5.41) is 15.6. The van der Waals surface area contributed by atoms with Crippen molar-refractivity contribution < 1.29 is 5.11 Å². The maximum absolute atomic E-state index is 10.8. The number of nitrogens with zero attached hydrogens (tertiary/aromatic N) is 3. The number of aromatic hydroxyl groups is 1. The number of fused-ring (bicyclic) bond motifs is 1. The second-order valence-electron chi connectivity index (χ2n) is 5.77. The Morgan fingerprint density at radius 2 is 1.77 bits per heavy atom. The average molecular weight is 363 g/mol. The molecule has 0 aliphatic carbocycles. The first-order valence-corrected chi connectivity index (χ1v) is 8.46. The Kier molecular flexibility index (Phi) is 4.37. The van der Waals surface area contributed by atoms with Crippen LogP contribution in [0.2, 0.25) is 5.02 Å². The van der Waals surface area contributed by atoms with Crippen LogP contribution in [0.15, 0.2) is 73.2 Å². The molecule has 1 aromatic carbocycles. The highest BCUT2D eigenvalue weighted by atomic mass is 35.5. The van der Waals surface area contributed by atoms with Gasteiger partial charge in [0.25, 0.3) is 0 Å². The second kappa shape index (κ2) is 6.98. The fourth-order valence-electron chi connectivity index (χ4n) is 2.85. The minimum Gasteiger partial charge on any atom is -0.505 e. The number of halogens is 1. The molecule has 4 rings (SSSR count). The summed E-state index contributed by atoms with van der Waals surface area (Å²) in [6.45, 7) is 0. The molecule has 0 saturated heterocycles. The van der Waals surface area contributed by atoms with Crippen LogP contribution in [-0.4, -0.2) is 20.1 Å². The Balaban J connectivity index is 1.83. The lowest BCUT2D eigenvalue weighted by Gasteiger charge is -2.21. The van der Waals surface area contributed by atoms with E-state index in [4.69, 9.17) is 11.6 Å². The first kappa shape index (κ1) is 16.3. The van der Waals surface area contributed by atoms with E-state index in [2.05, 4.69) is 20.3 Å². The quantitative estimate of drug-likeness (QED) is 0.555. The number of nitrogens with one attached hydrogen (secondary N) is 1. The molecule has 26 heavy (non-hydrogen) atoms. The van der Waals surface area contributed by atoms with Gasteiger partial charge in [0.1, 0.15) is 17.1 Å². The van der Waals surface area contributed by atoms with E-state index in [1.807, 2.05) is 42.5 Å². The summed E-state index contributed by atoms with van der Waals surface area (Å²) >= 11 is 5.92. The molecule has 0 fully saturated rings. The average Bonchev–Trinajstić information content (AvgIpc) is 2.69. The highest BCUT2D eigenvalue weighted by molar-refractivity contribution is 6.30. The van der Waals surface area contributed by atoms with Crippen molar-refractivity contribution in [1.82, 2.24) is 15.0 Å². The van der Waals surface area contributed by atoms with Crippen molar-refractivity contribution in [2.75, 3.05) is 5.32 Å². The fourth-order valence-corrected chi connectivity index (χ4v) is 2.96. The van der Waals surface area contributed by atoms with E-state index in [1.165, 1.54) is 0 Å². The summed E-state index contributed by atoms with van der Waals surface area (Å²) < 4.78 is 0. The van der Waals surface area contributed by atoms with E-state index >= 15 is 0 Å². The zero-order valence-corrected chi connectivity index (χ0v) is 14.4. The van der Waals surface area contributed by atoms with Gasteiger partial charge in [-0.2, -0.15) is 0 Å². The van der Waals surface area contributed by atoms with Crippen LogP contribution in [0.25, 0.3) is 10.9 Å². The molecule has 6 heteroatoms. The standard InChI is InChI=1S/C20H15ClN4O/c21-14-7-9-17(24-12-14)25-19(16-5-1-2-10-22-16)15-8-6-13-4-3-11-23-18(13)20(15)26/h1-12,19,26H,(H,24,25). The van der Waals surface area contributed by atoms with Crippen molar-refractivity contribution in [3.8, 4) is 5.75 Å². The summed E-state index contributed by atoms with van der Waals surface area (Å²) in [7, 11) is 0. The van der Waals surface area contributed by atoms with Gasteiger partial charge in [0.05, 0.1) is 16.8 Å². The molecule has 0 radical (unpaired) electrons. The van der Waals surface area contributed by atoms with Crippen LogP contribution in [0.4, 0.5) is 5.82 Å². The molecule has 2 N–H and O–H groups in total. The van der Waals surface area contributed by atoms with Gasteiger partial charge in [0.15, 0.2) is 0 Å². The number of aromatic nitrogens is 3. The Labute approximate surface area is 155 Å². The predicted octanol–water partition coefficient (Wildman–Crippen LogP) is 4.59. The van der Waals surface area contributed by atoms with Crippen molar-refractivity contribution in [3.63, 3.8) is 0 Å². The molecule has 0 aliphatic heterocycles. The number of rotatable bonds is 4. The van der Waals surface area contributed by atoms with Gasteiger partial charge >= 0.3 is 0 Å². The molecule has 0 saturated carbocycles. The number of hydrogen-bond acceptors (Lipinski definition) is 5. The third kappa shape index (κ3) is 3.17. The first-order chi connectivity index (χ1) is 12.7. The van der Waals surface area contributed by atoms with Crippen molar-refractivity contribution in [2.24, 2.45) is 0 Å². The van der Waals surface area contributed by atoms with Crippen molar-refractivity contribution in [3.05, 3.63) is 89.5 Å². The first-order valence-electron chi connectivity index (χ1n) is 8.08. The van der Waals surface area contributed by atoms with Gasteiger partial charge in [0.2, 0.25) is 0 Å². The van der Waals surface area contributed by atoms with Gasteiger partial charge in [-0.15, -0.1) is 0 Å². The monoisotopic (exact) mass is 362 g/mol. The third-order valence-electron chi connectivity index (χ3n) is 4.09. The predicted molar refractivity (Wildman–Crippen MR) is 102 cm³/mol. The second-order valence-corrected chi connectivity index (χ2v) is 6.21. The summed E-state index contributed by atoms with van der Waals surface area (Å²) in [4.78, 5) is 13.0. The van der Waals surface area contributed by atoms with E-state index < -0.39 is 6.04 Å². The molecule has 128 valence electrons. The molecule has 3 aromatic heterocycles. The Bertz CT molecular complexity index is 1040. The lowest BCUT2D eigenvalue weighted by molar-refractivity contribution is 0.471. The molecule has 1 unspecified atom stereocenters. The van der Waals surface area contributed by atoms with Gasteiger partial charge in [0, 0.05) is 29.5 Å². The van der Waals surface area contributed by atoms with E-state index in [0.717, 1.165) is 11.1 Å². The van der Waals surface area contributed by atoms with Gasteiger partial charge in [-0.3, -0.25) is 9.97 Å². The Hall–Kier alpha value is -3.18. The van der Waals surface area contributed by atoms with Gasteiger partial charge in [-0.1, -0.05) is 35.9 Å². The van der Waals surface area contributed by atoms with Crippen molar-refractivity contribution in [2.45, 2.75) is 6.04 Å². The van der Waals surface area contributed by atoms with Crippen LogP contribution in [0.5, 0.6) is 5.75 Å². The number of pyridine rings is 3. The van der Waals surface area contributed by atoms with Crippen molar-refractivity contribution >= 4 is 28.3 Å². The Morgan fingerprint density at radius 3 is 2.54 bits per heavy atom. The number of benzene rings is 1. The molecule has 0 bridgehead atoms. The smallest absolute Gasteiger partial charge is 0.147 e. The number of phenolic OH excluding ortho intramolecular Hbond substituents is 1. The summed E-state index contributed by atoms with van der Waals surface area (Å²) in [6, 6.07) is 16.4. The summed E-state index contributed by atoms with van der Waals surface area (Å²) in [5.41, 5.74) is 1.98. The van der Waals surface area contributed by atoms with E-state index in [9.17, 15) is 5.11 Å². The molecule has 0 aliphatic rings. The van der Waals surface area contributed by atoms with Crippen LogP contribution in [-0.2, 0) is 0 Å². The lowest BCUT2D eigenvalue weighted by atomic mass is 9.99. The topological polar surface area (TPSA) is 70.9 Å². The van der Waals surface area contributed by atoms with Crippen LogP contribution >= 0.6 is 11.6 Å². The number of hydrogen-bond donors (Lipinski definition) is 2. The highest BCUT2D eigenvalue weighted by Crippen LogP contribution is 2.35. The molecular formula is C20H15ClN4O. The molecule has 0 spiro atoms. The molecular weight excluding hydrogens is 348 g/mol. The van der Waals surface area contributed by atoms with Crippen LogP contribution in [0.1, 0.15) is 17.3 Å². The van der Waals surface area contributed by atoms with Crippen molar-refractivity contribution in [1.29, 1.82) is 0 Å². The summed E-state index contributed by atoms with van der Waals surface area (Å²) in [5.74, 6) is 0.755. The lowest BCUT2D eigenvalue weighted by Crippen LogP contribution is -2.15. The highest BCUT2D eigenvalue weighted by Gasteiger charge is 2.21. The molecule has 0 amide bonds. The molecule has 4 aromatic rings. The maximum Gasteiger partial charge on any atom is 0.147 e. The van der Waals surface area contributed by atoms with E-state index in [0.29, 0.717) is 21.9 Å². The fraction of sp³-hybridized carbons (Fsp3) is 0.0500. The summed E-state index contributed by atoms with van der Waals surface area (Å²) in [6.07, 6.45) is 4.95. The van der Waals surface area contributed by atoms with Gasteiger partial charge in [-0.05, 0) is 30.3 Å². The van der Waals surface area contributed by atoms with E-state index in [-0.39, 0.29) is 5.75 Å². The normalized spacial score (nSPS) is 12.0. The van der Waals surface area contributed by atoms with Crippen LogP contribution < -0.4 is 5.32 Å². The molecule has 1 atom stereocenters. The number of anilines is 1. The molecule has 5 nitrogen and oxygen atoms in total. The zero-order chi connectivity index (χ0) is 17.9. The Morgan fingerprint density at radius 1 is 0.885 bits per heavy atom. The largest absolute Gasteiger partial charge is 0.505 e. The van der Waals surface area contributed by atoms with Crippen LogP contribution in [0.3, 0.4) is 0 Å².